The van der Waals surface area contributed by atoms with E-state index in [4.69, 9.17) is 5.73 Å². The smallest absolute Gasteiger partial charge is 0.271 e. The lowest BCUT2D eigenvalue weighted by Crippen LogP contribution is -2.39. The summed E-state index contributed by atoms with van der Waals surface area (Å²) < 4.78 is 0. The number of hydrogen-bond acceptors (Lipinski definition) is 3. The fourth-order valence-electron chi connectivity index (χ4n) is 1.29. The Morgan fingerprint density at radius 3 is 2.92 bits per heavy atom. The minimum Gasteiger partial charge on any atom is -0.396 e. The van der Waals surface area contributed by atoms with Gasteiger partial charge in [-0.2, -0.15) is 5.10 Å². The lowest BCUT2D eigenvalue weighted by Gasteiger charge is -2.26. The van der Waals surface area contributed by atoms with Gasteiger partial charge < -0.3 is 11.1 Å². The van der Waals surface area contributed by atoms with Crippen molar-refractivity contribution in [1.82, 2.24) is 15.5 Å². The summed E-state index contributed by atoms with van der Waals surface area (Å²) in [4.78, 5) is 11.5. The molecule has 1 aromatic heterocycles. The molecule has 2 rings (SSSR count). The van der Waals surface area contributed by atoms with Crippen molar-refractivity contribution >= 4 is 11.6 Å². The standard InChI is InChI=1S/C8H12N4O/c9-6-4-10-12-7(6)8(13)11-5-2-1-3-5/h4-5H,1-3,9H2,(H,10,12)(H,11,13). The minimum atomic E-state index is -0.153. The zero-order chi connectivity index (χ0) is 9.26. The molecule has 0 atom stereocenters. The minimum absolute atomic E-state index is 0.153. The first-order chi connectivity index (χ1) is 6.27. The third-order valence-corrected chi connectivity index (χ3v) is 2.34. The molecule has 0 unspecified atom stereocenters. The van der Waals surface area contributed by atoms with Crippen LogP contribution in [0.15, 0.2) is 6.20 Å². The van der Waals surface area contributed by atoms with E-state index in [0.717, 1.165) is 12.8 Å². The van der Waals surface area contributed by atoms with E-state index in [1.54, 1.807) is 0 Å². The van der Waals surface area contributed by atoms with Crippen LogP contribution < -0.4 is 11.1 Å². The van der Waals surface area contributed by atoms with Gasteiger partial charge in [0, 0.05) is 6.04 Å². The molecule has 1 fully saturated rings. The number of nitrogens with two attached hydrogens (primary N) is 1. The Morgan fingerprint density at radius 1 is 1.69 bits per heavy atom. The quantitative estimate of drug-likeness (QED) is 0.611. The molecule has 0 aromatic carbocycles. The van der Waals surface area contributed by atoms with Crippen molar-refractivity contribution in [2.75, 3.05) is 5.73 Å². The van der Waals surface area contributed by atoms with Crippen molar-refractivity contribution in [1.29, 1.82) is 0 Å². The summed E-state index contributed by atoms with van der Waals surface area (Å²) in [5.74, 6) is -0.153. The molecule has 0 bridgehead atoms. The highest BCUT2D eigenvalue weighted by Crippen LogP contribution is 2.18. The highest BCUT2D eigenvalue weighted by molar-refractivity contribution is 5.97. The van der Waals surface area contributed by atoms with Crippen LogP contribution in [0.2, 0.25) is 0 Å². The Hall–Kier alpha value is -1.52. The first-order valence-electron chi connectivity index (χ1n) is 4.37. The van der Waals surface area contributed by atoms with Crippen LogP contribution in [0.1, 0.15) is 29.8 Å². The normalized spacial score (nSPS) is 16.6. The van der Waals surface area contributed by atoms with Crippen LogP contribution in [0.25, 0.3) is 0 Å². The van der Waals surface area contributed by atoms with Crippen LogP contribution in [0.3, 0.4) is 0 Å². The fourth-order valence-corrected chi connectivity index (χ4v) is 1.29. The van der Waals surface area contributed by atoms with Crippen LogP contribution in [-0.4, -0.2) is 22.1 Å². The third-order valence-electron chi connectivity index (χ3n) is 2.34. The molecule has 0 spiro atoms. The molecule has 0 radical (unpaired) electrons. The van der Waals surface area contributed by atoms with Gasteiger partial charge in [0.1, 0.15) is 5.69 Å². The number of aromatic amines is 1. The predicted molar refractivity (Wildman–Crippen MR) is 48.1 cm³/mol. The largest absolute Gasteiger partial charge is 0.396 e. The number of hydrogen-bond donors (Lipinski definition) is 3. The molecule has 5 heteroatoms. The van der Waals surface area contributed by atoms with E-state index in [-0.39, 0.29) is 5.91 Å². The fraction of sp³-hybridized carbons (Fsp3) is 0.500. The van der Waals surface area contributed by atoms with E-state index < -0.39 is 0 Å². The highest BCUT2D eigenvalue weighted by atomic mass is 16.2. The Morgan fingerprint density at radius 2 is 2.46 bits per heavy atom. The summed E-state index contributed by atoms with van der Waals surface area (Å²) in [5.41, 5.74) is 6.29. The van der Waals surface area contributed by atoms with Gasteiger partial charge >= 0.3 is 0 Å². The van der Waals surface area contributed by atoms with Crippen molar-refractivity contribution in [3.05, 3.63) is 11.9 Å². The zero-order valence-electron chi connectivity index (χ0n) is 7.21. The predicted octanol–water partition coefficient (Wildman–Crippen LogP) is 0.274. The maximum atomic E-state index is 11.5. The summed E-state index contributed by atoms with van der Waals surface area (Å²) in [6, 6.07) is 0.329. The molecule has 0 aliphatic heterocycles. The lowest BCUT2D eigenvalue weighted by atomic mass is 9.93. The van der Waals surface area contributed by atoms with Gasteiger partial charge in [0.25, 0.3) is 5.91 Å². The van der Waals surface area contributed by atoms with Gasteiger partial charge in [-0.05, 0) is 19.3 Å². The van der Waals surface area contributed by atoms with E-state index >= 15 is 0 Å². The Labute approximate surface area is 75.7 Å². The van der Waals surface area contributed by atoms with Gasteiger partial charge in [-0.3, -0.25) is 9.89 Å². The molecular formula is C8H12N4O. The second-order valence-electron chi connectivity index (χ2n) is 3.30. The molecular weight excluding hydrogens is 168 g/mol. The summed E-state index contributed by atoms with van der Waals surface area (Å²) in [5, 5.41) is 9.12. The van der Waals surface area contributed by atoms with E-state index in [1.165, 1.54) is 12.6 Å². The monoisotopic (exact) mass is 180 g/mol. The third kappa shape index (κ3) is 1.49. The summed E-state index contributed by atoms with van der Waals surface area (Å²) in [6.07, 6.45) is 4.78. The number of nitrogens with zero attached hydrogens (tertiary/aromatic N) is 1. The van der Waals surface area contributed by atoms with Crippen molar-refractivity contribution < 1.29 is 4.79 Å². The number of nitrogen functional groups attached to an aromatic ring is 1. The van der Waals surface area contributed by atoms with Gasteiger partial charge in [0.15, 0.2) is 0 Å². The number of amides is 1. The van der Waals surface area contributed by atoms with E-state index in [1.807, 2.05) is 0 Å². The molecule has 13 heavy (non-hydrogen) atoms. The molecule has 1 amide bonds. The average Bonchev–Trinajstić information content (AvgIpc) is 2.43. The Bertz CT molecular complexity index is 316. The zero-order valence-corrected chi connectivity index (χ0v) is 7.21. The van der Waals surface area contributed by atoms with Crippen LogP contribution >= 0.6 is 0 Å². The van der Waals surface area contributed by atoms with Crippen molar-refractivity contribution in [2.24, 2.45) is 0 Å². The molecule has 1 saturated carbocycles. The Balaban J connectivity index is 2.00. The lowest BCUT2D eigenvalue weighted by molar-refractivity contribution is 0.0913. The summed E-state index contributed by atoms with van der Waals surface area (Å²) in [7, 11) is 0. The van der Waals surface area contributed by atoms with E-state index in [2.05, 4.69) is 15.5 Å². The second kappa shape index (κ2) is 3.08. The Kier molecular flexibility index (Phi) is 1.92. The first kappa shape index (κ1) is 8.10. The maximum absolute atomic E-state index is 11.5. The number of aromatic nitrogens is 2. The van der Waals surface area contributed by atoms with Gasteiger partial charge in [-0.25, -0.2) is 0 Å². The van der Waals surface area contributed by atoms with Crippen LogP contribution in [0, 0.1) is 0 Å². The molecule has 70 valence electrons. The first-order valence-corrected chi connectivity index (χ1v) is 4.37. The van der Waals surface area contributed by atoms with E-state index in [0.29, 0.717) is 17.4 Å². The van der Waals surface area contributed by atoms with Gasteiger partial charge in [-0.1, -0.05) is 0 Å². The van der Waals surface area contributed by atoms with Gasteiger partial charge in [-0.15, -0.1) is 0 Å². The summed E-state index contributed by atoms with van der Waals surface area (Å²) in [6.45, 7) is 0. The number of rotatable bonds is 2. The molecule has 5 nitrogen and oxygen atoms in total. The van der Waals surface area contributed by atoms with E-state index in [9.17, 15) is 4.79 Å². The molecule has 0 saturated heterocycles. The van der Waals surface area contributed by atoms with Crippen molar-refractivity contribution in [3.8, 4) is 0 Å². The number of H-pyrrole nitrogens is 1. The SMILES string of the molecule is Nc1cn[nH]c1C(=O)NC1CCC1. The van der Waals surface area contributed by atoms with Crippen molar-refractivity contribution in [3.63, 3.8) is 0 Å². The molecule has 1 aliphatic rings. The molecule has 1 aliphatic carbocycles. The van der Waals surface area contributed by atoms with Crippen molar-refractivity contribution in [2.45, 2.75) is 25.3 Å². The van der Waals surface area contributed by atoms with Crippen LogP contribution in [0.5, 0.6) is 0 Å². The number of carbonyl (C=O) groups excluding carboxylic acids is 1. The topological polar surface area (TPSA) is 83.8 Å². The van der Waals surface area contributed by atoms with Crippen LogP contribution in [-0.2, 0) is 0 Å². The molecule has 4 N–H and O–H groups in total. The summed E-state index contributed by atoms with van der Waals surface area (Å²) >= 11 is 0. The van der Waals surface area contributed by atoms with Gasteiger partial charge in [0.2, 0.25) is 0 Å². The number of nitrogens with one attached hydrogen (secondary N) is 2. The molecule has 1 aromatic rings. The molecule has 1 heterocycles. The average molecular weight is 180 g/mol. The number of carbonyl (C=O) groups is 1. The number of anilines is 1. The van der Waals surface area contributed by atoms with Gasteiger partial charge in [0.05, 0.1) is 11.9 Å². The van der Waals surface area contributed by atoms with Crippen LogP contribution in [0.4, 0.5) is 5.69 Å². The second-order valence-corrected chi connectivity index (χ2v) is 3.30. The maximum Gasteiger partial charge on any atom is 0.271 e. The highest BCUT2D eigenvalue weighted by Gasteiger charge is 2.21.